The highest BCUT2D eigenvalue weighted by Gasteiger charge is 2.42. The van der Waals surface area contributed by atoms with Crippen LogP contribution in [0.5, 0.6) is 0 Å². The molecule has 0 bridgehead atoms. The first-order valence-corrected chi connectivity index (χ1v) is 7.33. The molecule has 2 aliphatic rings. The molecule has 0 aliphatic carbocycles. The van der Waals surface area contributed by atoms with E-state index in [-0.39, 0.29) is 11.3 Å². The topological polar surface area (TPSA) is 58.8 Å². The summed E-state index contributed by atoms with van der Waals surface area (Å²) in [4.78, 5) is 17.0. The molecule has 0 unspecified atom stereocenters. The molecular weight excluding hydrogens is 242 g/mol. The van der Waals surface area contributed by atoms with Crippen LogP contribution >= 0.6 is 0 Å². The summed E-state index contributed by atoms with van der Waals surface area (Å²) in [5, 5.41) is 0. The highest BCUT2D eigenvalue weighted by Crippen LogP contribution is 2.32. The average molecular weight is 269 g/mol. The van der Waals surface area contributed by atoms with Gasteiger partial charge in [0.1, 0.15) is 0 Å². The fraction of sp³-hybridized carbons (Fsp3) is 0.929. The summed E-state index contributed by atoms with van der Waals surface area (Å²) in [5.41, 5.74) is 5.55. The average Bonchev–Trinajstić information content (AvgIpc) is 2.47. The van der Waals surface area contributed by atoms with Gasteiger partial charge in [0.2, 0.25) is 5.91 Å². The number of amides is 1. The lowest BCUT2D eigenvalue weighted by atomic mass is 9.78. The predicted molar refractivity (Wildman–Crippen MR) is 74.8 cm³/mol. The molecule has 19 heavy (non-hydrogen) atoms. The molecule has 5 nitrogen and oxygen atoms in total. The van der Waals surface area contributed by atoms with Crippen LogP contribution in [0.1, 0.15) is 25.7 Å². The Kier molecular flexibility index (Phi) is 4.81. The minimum absolute atomic E-state index is 0.260. The maximum absolute atomic E-state index is 12.8. The normalized spacial score (nSPS) is 24.7. The van der Waals surface area contributed by atoms with Crippen molar-refractivity contribution in [3.05, 3.63) is 0 Å². The summed E-state index contributed by atoms with van der Waals surface area (Å²) in [6.07, 6.45) is 3.68. The van der Waals surface area contributed by atoms with Crippen molar-refractivity contribution in [3.63, 3.8) is 0 Å². The van der Waals surface area contributed by atoms with Gasteiger partial charge in [0.15, 0.2) is 0 Å². The molecule has 0 aromatic heterocycles. The molecule has 0 spiro atoms. The summed E-state index contributed by atoms with van der Waals surface area (Å²) >= 11 is 0. The number of ether oxygens (including phenoxy) is 1. The monoisotopic (exact) mass is 269 g/mol. The van der Waals surface area contributed by atoms with E-state index in [0.29, 0.717) is 25.8 Å². The van der Waals surface area contributed by atoms with Gasteiger partial charge in [-0.15, -0.1) is 0 Å². The van der Waals surface area contributed by atoms with Crippen LogP contribution in [0, 0.1) is 5.41 Å². The van der Waals surface area contributed by atoms with Crippen LogP contribution in [-0.4, -0.2) is 68.7 Å². The first-order chi connectivity index (χ1) is 9.09. The summed E-state index contributed by atoms with van der Waals surface area (Å²) in [6.45, 7) is 3.51. The van der Waals surface area contributed by atoms with Crippen LogP contribution in [0.4, 0.5) is 0 Å². The van der Waals surface area contributed by atoms with Crippen LogP contribution in [0.15, 0.2) is 0 Å². The zero-order valence-electron chi connectivity index (χ0n) is 12.2. The first kappa shape index (κ1) is 14.8. The minimum atomic E-state index is -0.358. The van der Waals surface area contributed by atoms with E-state index in [4.69, 9.17) is 10.5 Å². The summed E-state index contributed by atoms with van der Waals surface area (Å²) in [5.74, 6) is 0.260. The van der Waals surface area contributed by atoms with Gasteiger partial charge in [0, 0.05) is 38.9 Å². The Morgan fingerprint density at radius 3 is 2.37 bits per heavy atom. The van der Waals surface area contributed by atoms with Crippen molar-refractivity contribution in [2.75, 3.05) is 46.9 Å². The van der Waals surface area contributed by atoms with Crippen molar-refractivity contribution in [1.82, 2.24) is 9.80 Å². The molecule has 2 saturated heterocycles. The molecule has 1 amide bonds. The lowest BCUT2D eigenvalue weighted by Gasteiger charge is -2.42. The Morgan fingerprint density at radius 2 is 1.89 bits per heavy atom. The molecule has 2 rings (SSSR count). The molecule has 110 valence electrons. The molecular formula is C14H27N3O2. The Hall–Kier alpha value is -0.650. The number of rotatable bonds is 3. The van der Waals surface area contributed by atoms with Crippen molar-refractivity contribution < 1.29 is 9.53 Å². The standard InChI is InChI=1S/C14H27N3O2/c1-16(2)12-3-7-17(8-4-12)13(18)14(11-15)5-9-19-10-6-14/h12H,3-11,15H2,1-2H3. The second-order valence-electron chi connectivity index (χ2n) is 6.08. The predicted octanol–water partition coefficient (Wildman–Crippen LogP) is 0.295. The zero-order valence-corrected chi connectivity index (χ0v) is 12.2. The van der Waals surface area contributed by atoms with E-state index < -0.39 is 0 Å². The maximum Gasteiger partial charge on any atom is 0.230 e. The maximum atomic E-state index is 12.8. The number of carbonyl (C=O) groups is 1. The van der Waals surface area contributed by atoms with E-state index in [0.717, 1.165) is 38.8 Å². The van der Waals surface area contributed by atoms with E-state index in [1.165, 1.54) is 0 Å². The number of nitrogens with two attached hydrogens (primary N) is 1. The number of nitrogens with zero attached hydrogens (tertiary/aromatic N) is 2. The Labute approximate surface area is 116 Å². The largest absolute Gasteiger partial charge is 0.381 e. The van der Waals surface area contributed by atoms with Gasteiger partial charge in [0.25, 0.3) is 0 Å². The fourth-order valence-corrected chi connectivity index (χ4v) is 3.19. The van der Waals surface area contributed by atoms with Crippen LogP contribution in [0.3, 0.4) is 0 Å². The lowest BCUT2D eigenvalue weighted by molar-refractivity contribution is -0.148. The van der Waals surface area contributed by atoms with E-state index in [2.05, 4.69) is 19.0 Å². The van der Waals surface area contributed by atoms with E-state index >= 15 is 0 Å². The van der Waals surface area contributed by atoms with Crippen LogP contribution in [-0.2, 0) is 9.53 Å². The van der Waals surface area contributed by atoms with Gasteiger partial charge < -0.3 is 20.3 Å². The highest BCUT2D eigenvalue weighted by atomic mass is 16.5. The van der Waals surface area contributed by atoms with Crippen LogP contribution in [0.25, 0.3) is 0 Å². The van der Waals surface area contributed by atoms with Gasteiger partial charge in [-0.2, -0.15) is 0 Å². The summed E-state index contributed by atoms with van der Waals surface area (Å²) in [6, 6.07) is 0.604. The van der Waals surface area contributed by atoms with Gasteiger partial charge in [-0.1, -0.05) is 0 Å². The molecule has 2 heterocycles. The fourth-order valence-electron chi connectivity index (χ4n) is 3.19. The van der Waals surface area contributed by atoms with Gasteiger partial charge in [-0.25, -0.2) is 0 Å². The molecule has 0 aromatic carbocycles. The van der Waals surface area contributed by atoms with E-state index in [1.807, 2.05) is 4.90 Å². The SMILES string of the molecule is CN(C)C1CCN(C(=O)C2(CN)CCOCC2)CC1. The number of hydrogen-bond acceptors (Lipinski definition) is 4. The number of likely N-dealkylation sites (tertiary alicyclic amines) is 1. The summed E-state index contributed by atoms with van der Waals surface area (Å²) in [7, 11) is 4.23. The minimum Gasteiger partial charge on any atom is -0.381 e. The molecule has 0 atom stereocenters. The van der Waals surface area contributed by atoms with Gasteiger partial charge >= 0.3 is 0 Å². The third kappa shape index (κ3) is 3.09. The Bertz CT molecular complexity index is 306. The number of piperidine rings is 1. The van der Waals surface area contributed by atoms with Crippen molar-refractivity contribution in [2.24, 2.45) is 11.1 Å². The Morgan fingerprint density at radius 1 is 1.32 bits per heavy atom. The molecule has 0 aromatic rings. The molecule has 2 aliphatic heterocycles. The first-order valence-electron chi connectivity index (χ1n) is 7.33. The molecule has 0 saturated carbocycles. The number of hydrogen-bond donors (Lipinski definition) is 1. The number of carbonyl (C=O) groups excluding carboxylic acids is 1. The van der Waals surface area contributed by atoms with E-state index in [1.54, 1.807) is 0 Å². The van der Waals surface area contributed by atoms with Crippen molar-refractivity contribution in [1.29, 1.82) is 0 Å². The molecule has 2 fully saturated rings. The van der Waals surface area contributed by atoms with Gasteiger partial charge in [0.05, 0.1) is 5.41 Å². The van der Waals surface area contributed by atoms with Crippen molar-refractivity contribution in [3.8, 4) is 0 Å². The Balaban J connectivity index is 1.96. The molecule has 0 radical (unpaired) electrons. The highest BCUT2D eigenvalue weighted by molar-refractivity contribution is 5.83. The van der Waals surface area contributed by atoms with Gasteiger partial charge in [-0.3, -0.25) is 4.79 Å². The van der Waals surface area contributed by atoms with Gasteiger partial charge in [-0.05, 0) is 39.8 Å². The molecule has 5 heteroatoms. The lowest BCUT2D eigenvalue weighted by Crippen LogP contribution is -2.54. The van der Waals surface area contributed by atoms with Crippen molar-refractivity contribution in [2.45, 2.75) is 31.7 Å². The second kappa shape index (κ2) is 6.20. The third-order valence-corrected chi connectivity index (χ3v) is 4.78. The van der Waals surface area contributed by atoms with E-state index in [9.17, 15) is 4.79 Å². The smallest absolute Gasteiger partial charge is 0.230 e. The van der Waals surface area contributed by atoms with Crippen LogP contribution < -0.4 is 5.73 Å². The van der Waals surface area contributed by atoms with Crippen LogP contribution in [0.2, 0.25) is 0 Å². The summed E-state index contributed by atoms with van der Waals surface area (Å²) < 4.78 is 5.38. The third-order valence-electron chi connectivity index (χ3n) is 4.78. The molecule has 2 N–H and O–H groups in total. The quantitative estimate of drug-likeness (QED) is 0.800. The zero-order chi connectivity index (χ0) is 13.9. The second-order valence-corrected chi connectivity index (χ2v) is 6.08. The van der Waals surface area contributed by atoms with Crippen molar-refractivity contribution >= 4 is 5.91 Å².